The molecule has 0 saturated heterocycles. The van der Waals surface area contributed by atoms with E-state index < -0.39 is 0 Å². The van der Waals surface area contributed by atoms with E-state index in [9.17, 15) is 0 Å². The zero-order chi connectivity index (χ0) is 11.0. The first-order valence-electron chi connectivity index (χ1n) is 5.61. The second-order valence-corrected chi connectivity index (χ2v) is 5.10. The monoisotopic (exact) mass is 234 g/mol. The maximum atomic E-state index is 9.03. The van der Waals surface area contributed by atoms with Gasteiger partial charge in [-0.1, -0.05) is 6.07 Å². The highest BCUT2D eigenvalue weighted by Gasteiger charge is 2.28. The number of aliphatic hydroxyl groups excluding tert-OH is 1. The molecule has 1 fully saturated rings. The molecule has 84 valence electrons. The van der Waals surface area contributed by atoms with Gasteiger partial charge in [0.2, 0.25) is 0 Å². The van der Waals surface area contributed by atoms with Gasteiger partial charge in [0.05, 0.1) is 18.0 Å². The van der Waals surface area contributed by atoms with Crippen LogP contribution < -0.4 is 0 Å². The predicted molar refractivity (Wildman–Crippen MR) is 64.6 cm³/mol. The number of aliphatic hydroxyl groups is 1. The van der Waals surface area contributed by atoms with Crippen LogP contribution in [-0.2, 0) is 6.54 Å². The molecule has 1 N–H and O–H groups in total. The molecule has 1 aliphatic rings. The quantitative estimate of drug-likeness (QED) is 0.882. The standard InChI is InChI=1S/C12H14N2OS/c15-6-5-14-11(9-3-4-9)8-10(13-14)12-2-1-7-16-12/h1-2,7-9,15H,3-6H2. The highest BCUT2D eigenvalue weighted by Crippen LogP contribution is 2.41. The fraction of sp³-hybridized carbons (Fsp3) is 0.417. The van der Waals surface area contributed by atoms with Gasteiger partial charge < -0.3 is 5.11 Å². The van der Waals surface area contributed by atoms with Crippen molar-refractivity contribution in [2.24, 2.45) is 0 Å². The summed E-state index contributed by atoms with van der Waals surface area (Å²) in [6.45, 7) is 0.766. The number of hydrogen-bond acceptors (Lipinski definition) is 3. The molecule has 0 radical (unpaired) electrons. The molecule has 0 aliphatic heterocycles. The average molecular weight is 234 g/mol. The maximum absolute atomic E-state index is 9.03. The Kier molecular flexibility index (Phi) is 2.53. The van der Waals surface area contributed by atoms with Crippen LogP contribution in [0.15, 0.2) is 23.6 Å². The van der Waals surface area contributed by atoms with Crippen LogP contribution in [0, 0.1) is 0 Å². The molecule has 1 aliphatic carbocycles. The van der Waals surface area contributed by atoms with Crippen molar-refractivity contribution in [2.45, 2.75) is 25.3 Å². The molecule has 2 aromatic heterocycles. The van der Waals surface area contributed by atoms with Crippen LogP contribution in [0.1, 0.15) is 24.5 Å². The van der Waals surface area contributed by atoms with E-state index in [1.165, 1.54) is 23.4 Å². The molecule has 4 heteroatoms. The molecule has 16 heavy (non-hydrogen) atoms. The van der Waals surface area contributed by atoms with Crippen molar-refractivity contribution in [3.05, 3.63) is 29.3 Å². The van der Waals surface area contributed by atoms with Crippen molar-refractivity contribution in [3.8, 4) is 10.6 Å². The van der Waals surface area contributed by atoms with E-state index in [-0.39, 0.29) is 6.61 Å². The molecule has 3 rings (SSSR count). The minimum absolute atomic E-state index is 0.158. The van der Waals surface area contributed by atoms with E-state index in [0.29, 0.717) is 12.5 Å². The Morgan fingerprint density at radius 2 is 2.38 bits per heavy atom. The molecular weight excluding hydrogens is 220 g/mol. The summed E-state index contributed by atoms with van der Waals surface area (Å²) in [5, 5.41) is 15.7. The van der Waals surface area contributed by atoms with Gasteiger partial charge in [-0.25, -0.2) is 0 Å². The Labute approximate surface area is 98.3 Å². The maximum Gasteiger partial charge on any atom is 0.103 e. The summed E-state index contributed by atoms with van der Waals surface area (Å²) in [5.41, 5.74) is 2.34. The van der Waals surface area contributed by atoms with E-state index in [2.05, 4.69) is 22.6 Å². The van der Waals surface area contributed by atoms with Crippen molar-refractivity contribution in [3.63, 3.8) is 0 Å². The van der Waals surface area contributed by atoms with Gasteiger partial charge in [-0.3, -0.25) is 4.68 Å². The van der Waals surface area contributed by atoms with Crippen molar-refractivity contribution >= 4 is 11.3 Å². The summed E-state index contributed by atoms with van der Waals surface area (Å²) in [5.74, 6) is 0.674. The molecule has 0 spiro atoms. The minimum atomic E-state index is 0.158. The van der Waals surface area contributed by atoms with Gasteiger partial charge in [-0.15, -0.1) is 11.3 Å². The number of thiophene rings is 1. The number of hydrogen-bond donors (Lipinski definition) is 1. The third-order valence-corrected chi connectivity index (χ3v) is 3.78. The van der Waals surface area contributed by atoms with Gasteiger partial charge in [-0.05, 0) is 30.4 Å². The molecule has 0 unspecified atom stereocenters. The highest BCUT2D eigenvalue weighted by atomic mass is 32.1. The first-order valence-corrected chi connectivity index (χ1v) is 6.49. The van der Waals surface area contributed by atoms with Crippen LogP contribution in [0.25, 0.3) is 10.6 Å². The topological polar surface area (TPSA) is 38.0 Å². The lowest BCUT2D eigenvalue weighted by molar-refractivity contribution is 0.267. The second kappa shape index (κ2) is 4.03. The Balaban J connectivity index is 1.97. The van der Waals surface area contributed by atoms with Crippen molar-refractivity contribution < 1.29 is 5.11 Å². The van der Waals surface area contributed by atoms with Crippen LogP contribution in [0.5, 0.6) is 0 Å². The van der Waals surface area contributed by atoms with E-state index >= 15 is 0 Å². The zero-order valence-electron chi connectivity index (χ0n) is 8.97. The van der Waals surface area contributed by atoms with E-state index in [1.54, 1.807) is 11.3 Å². The molecule has 0 amide bonds. The Hall–Kier alpha value is -1.13. The van der Waals surface area contributed by atoms with Crippen LogP contribution in [-0.4, -0.2) is 21.5 Å². The first kappa shape index (κ1) is 10.1. The van der Waals surface area contributed by atoms with Gasteiger partial charge in [0.25, 0.3) is 0 Å². The average Bonchev–Trinajstić information content (AvgIpc) is 2.82. The lowest BCUT2D eigenvalue weighted by Gasteiger charge is -2.02. The fourth-order valence-electron chi connectivity index (χ4n) is 1.96. The van der Waals surface area contributed by atoms with Gasteiger partial charge in [-0.2, -0.15) is 5.10 Å². The molecule has 0 aromatic carbocycles. The van der Waals surface area contributed by atoms with Crippen LogP contribution in [0.3, 0.4) is 0 Å². The van der Waals surface area contributed by atoms with Crippen LogP contribution >= 0.6 is 11.3 Å². The SMILES string of the molecule is OCCn1nc(-c2cccs2)cc1C1CC1. The fourth-order valence-corrected chi connectivity index (χ4v) is 2.64. The first-order chi connectivity index (χ1) is 7.88. The third-order valence-electron chi connectivity index (χ3n) is 2.89. The van der Waals surface area contributed by atoms with Gasteiger partial charge in [0.15, 0.2) is 0 Å². The third kappa shape index (κ3) is 1.79. The van der Waals surface area contributed by atoms with Gasteiger partial charge in [0, 0.05) is 11.6 Å². The van der Waals surface area contributed by atoms with Crippen molar-refractivity contribution in [1.82, 2.24) is 9.78 Å². The predicted octanol–water partition coefficient (Wildman–Crippen LogP) is 2.48. The molecule has 2 heterocycles. The van der Waals surface area contributed by atoms with Crippen LogP contribution in [0.2, 0.25) is 0 Å². The van der Waals surface area contributed by atoms with Gasteiger partial charge in [0.1, 0.15) is 5.69 Å². The summed E-state index contributed by atoms with van der Waals surface area (Å²) < 4.78 is 1.96. The summed E-state index contributed by atoms with van der Waals surface area (Å²) in [6, 6.07) is 6.31. The van der Waals surface area contributed by atoms with E-state index in [4.69, 9.17) is 5.11 Å². The molecule has 3 nitrogen and oxygen atoms in total. The Morgan fingerprint density at radius 1 is 1.50 bits per heavy atom. The number of rotatable bonds is 4. The summed E-state index contributed by atoms with van der Waals surface area (Å²) >= 11 is 1.71. The summed E-state index contributed by atoms with van der Waals surface area (Å²) in [4.78, 5) is 1.21. The summed E-state index contributed by atoms with van der Waals surface area (Å²) in [6.07, 6.45) is 2.53. The second-order valence-electron chi connectivity index (χ2n) is 4.15. The summed E-state index contributed by atoms with van der Waals surface area (Å²) in [7, 11) is 0. The van der Waals surface area contributed by atoms with Crippen molar-refractivity contribution in [2.75, 3.05) is 6.61 Å². The smallest absolute Gasteiger partial charge is 0.103 e. The van der Waals surface area contributed by atoms with Gasteiger partial charge >= 0.3 is 0 Å². The largest absolute Gasteiger partial charge is 0.394 e. The zero-order valence-corrected chi connectivity index (χ0v) is 9.78. The van der Waals surface area contributed by atoms with Crippen molar-refractivity contribution in [1.29, 1.82) is 0 Å². The molecule has 0 atom stereocenters. The molecule has 1 saturated carbocycles. The normalized spacial score (nSPS) is 15.6. The van der Waals surface area contributed by atoms with E-state index in [0.717, 1.165) is 5.69 Å². The highest BCUT2D eigenvalue weighted by molar-refractivity contribution is 7.13. The number of aromatic nitrogens is 2. The lowest BCUT2D eigenvalue weighted by atomic mass is 10.2. The minimum Gasteiger partial charge on any atom is -0.394 e. The Morgan fingerprint density at radius 3 is 3.00 bits per heavy atom. The van der Waals surface area contributed by atoms with E-state index in [1.807, 2.05) is 10.7 Å². The van der Waals surface area contributed by atoms with Crippen LogP contribution in [0.4, 0.5) is 0 Å². The number of nitrogens with zero attached hydrogens (tertiary/aromatic N) is 2. The molecule has 2 aromatic rings. The molecule has 0 bridgehead atoms. The Bertz CT molecular complexity index is 471. The lowest BCUT2D eigenvalue weighted by Crippen LogP contribution is -2.07. The molecular formula is C12H14N2OS.